The van der Waals surface area contributed by atoms with Gasteiger partial charge in [0.1, 0.15) is 0 Å². The van der Waals surface area contributed by atoms with Crippen LogP contribution in [0.15, 0.2) is 54.6 Å². The Labute approximate surface area is 135 Å². The van der Waals surface area contributed by atoms with Gasteiger partial charge in [-0.15, -0.1) is 0 Å². The topological polar surface area (TPSA) is 40.5 Å². The van der Waals surface area contributed by atoms with Crippen molar-refractivity contribution in [2.45, 2.75) is 12.5 Å². The lowest BCUT2D eigenvalue weighted by Crippen LogP contribution is -2.23. The molecule has 0 bridgehead atoms. The second-order valence-electron chi connectivity index (χ2n) is 5.79. The first-order valence-corrected chi connectivity index (χ1v) is 7.76. The van der Waals surface area contributed by atoms with Crippen molar-refractivity contribution in [3.63, 3.8) is 0 Å². The quantitative estimate of drug-likeness (QED) is 0.936. The van der Waals surface area contributed by atoms with Crippen molar-refractivity contribution < 1.29 is 9.90 Å². The van der Waals surface area contributed by atoms with Gasteiger partial charge in [0.05, 0.1) is 5.92 Å². The maximum absolute atomic E-state index is 11.6. The number of halogens is 1. The largest absolute Gasteiger partial charge is 0.481 e. The summed E-state index contributed by atoms with van der Waals surface area (Å²) in [5.41, 5.74) is 2.22. The molecule has 1 heterocycles. The van der Waals surface area contributed by atoms with Crippen LogP contribution in [-0.4, -0.2) is 29.1 Å². The van der Waals surface area contributed by atoms with Crippen LogP contribution in [-0.2, 0) is 11.3 Å². The van der Waals surface area contributed by atoms with Gasteiger partial charge in [0.25, 0.3) is 0 Å². The van der Waals surface area contributed by atoms with E-state index < -0.39 is 5.97 Å². The van der Waals surface area contributed by atoms with Gasteiger partial charge in [-0.25, -0.2) is 0 Å². The Hall–Kier alpha value is -1.84. The van der Waals surface area contributed by atoms with Crippen molar-refractivity contribution in [1.29, 1.82) is 0 Å². The molecule has 22 heavy (non-hydrogen) atoms. The lowest BCUT2D eigenvalue weighted by molar-refractivity contribution is -0.141. The van der Waals surface area contributed by atoms with Gasteiger partial charge in [0.15, 0.2) is 0 Å². The molecule has 0 aromatic heterocycles. The summed E-state index contributed by atoms with van der Waals surface area (Å²) in [6.07, 6.45) is 0. The minimum atomic E-state index is -0.736. The number of hydrogen-bond donors (Lipinski definition) is 1. The van der Waals surface area contributed by atoms with Crippen LogP contribution < -0.4 is 0 Å². The van der Waals surface area contributed by atoms with Gasteiger partial charge in [0, 0.05) is 30.6 Å². The number of hydrogen-bond acceptors (Lipinski definition) is 2. The number of carboxylic acids is 1. The number of benzene rings is 2. The number of aliphatic carboxylic acids is 1. The Bertz CT molecular complexity index is 659. The van der Waals surface area contributed by atoms with Crippen molar-refractivity contribution in [3.8, 4) is 0 Å². The molecular weight excluding hydrogens is 298 g/mol. The summed E-state index contributed by atoms with van der Waals surface area (Å²) < 4.78 is 0. The Morgan fingerprint density at radius 1 is 1.14 bits per heavy atom. The summed E-state index contributed by atoms with van der Waals surface area (Å²) in [6, 6.07) is 17.7. The number of carboxylic acid groups (broad SMARTS) is 1. The van der Waals surface area contributed by atoms with Crippen LogP contribution in [0.2, 0.25) is 5.02 Å². The first kappa shape index (κ1) is 15.1. The van der Waals surface area contributed by atoms with E-state index >= 15 is 0 Å². The fourth-order valence-corrected chi connectivity index (χ4v) is 3.38. The fourth-order valence-electron chi connectivity index (χ4n) is 3.18. The zero-order chi connectivity index (χ0) is 15.5. The Balaban J connectivity index is 1.79. The van der Waals surface area contributed by atoms with Crippen molar-refractivity contribution in [2.75, 3.05) is 13.1 Å². The molecule has 1 aliphatic heterocycles. The Morgan fingerprint density at radius 2 is 1.91 bits per heavy atom. The predicted octanol–water partition coefficient (Wildman–Crippen LogP) is 3.64. The molecule has 0 spiro atoms. The molecule has 2 atom stereocenters. The molecule has 0 unspecified atom stereocenters. The highest BCUT2D eigenvalue weighted by molar-refractivity contribution is 6.30. The zero-order valence-electron chi connectivity index (χ0n) is 12.2. The summed E-state index contributed by atoms with van der Waals surface area (Å²) in [5.74, 6) is -1.14. The van der Waals surface area contributed by atoms with E-state index in [-0.39, 0.29) is 11.8 Å². The van der Waals surface area contributed by atoms with Crippen LogP contribution in [0.5, 0.6) is 0 Å². The van der Waals surface area contributed by atoms with Crippen molar-refractivity contribution in [1.82, 2.24) is 4.90 Å². The van der Waals surface area contributed by atoms with Gasteiger partial charge < -0.3 is 5.11 Å². The molecule has 0 saturated carbocycles. The van der Waals surface area contributed by atoms with Gasteiger partial charge in [-0.1, -0.05) is 54.1 Å². The smallest absolute Gasteiger partial charge is 0.308 e. The molecule has 1 fully saturated rings. The second kappa shape index (κ2) is 6.51. The SMILES string of the molecule is O=C(O)[C@@H]1CN(Cc2ccccc2)C[C@H]1c1cccc(Cl)c1. The van der Waals surface area contributed by atoms with E-state index in [0.29, 0.717) is 11.6 Å². The van der Waals surface area contributed by atoms with Gasteiger partial charge in [-0.2, -0.15) is 0 Å². The Kier molecular flexibility index (Phi) is 4.46. The molecule has 1 N–H and O–H groups in total. The van der Waals surface area contributed by atoms with Crippen molar-refractivity contribution in [3.05, 3.63) is 70.7 Å². The molecule has 1 aliphatic rings. The Morgan fingerprint density at radius 3 is 2.59 bits per heavy atom. The molecule has 0 aliphatic carbocycles. The maximum Gasteiger partial charge on any atom is 0.308 e. The van der Waals surface area contributed by atoms with Gasteiger partial charge in [-0.05, 0) is 23.3 Å². The molecule has 4 heteroatoms. The van der Waals surface area contributed by atoms with E-state index in [4.69, 9.17) is 11.6 Å². The molecule has 2 aromatic rings. The molecule has 1 saturated heterocycles. The van der Waals surface area contributed by atoms with E-state index in [1.54, 1.807) is 0 Å². The minimum Gasteiger partial charge on any atom is -0.481 e. The summed E-state index contributed by atoms with van der Waals surface area (Å²) in [5, 5.41) is 10.2. The van der Waals surface area contributed by atoms with Crippen LogP contribution in [0.3, 0.4) is 0 Å². The molecule has 3 nitrogen and oxygen atoms in total. The van der Waals surface area contributed by atoms with E-state index in [1.165, 1.54) is 5.56 Å². The van der Waals surface area contributed by atoms with Crippen LogP contribution >= 0.6 is 11.6 Å². The zero-order valence-corrected chi connectivity index (χ0v) is 12.9. The molecule has 114 valence electrons. The highest BCUT2D eigenvalue weighted by atomic mass is 35.5. The normalized spacial score (nSPS) is 21.9. The third-order valence-corrected chi connectivity index (χ3v) is 4.47. The highest BCUT2D eigenvalue weighted by Gasteiger charge is 2.38. The molecule has 2 aromatic carbocycles. The summed E-state index contributed by atoms with van der Waals surface area (Å²) >= 11 is 6.06. The van der Waals surface area contributed by atoms with E-state index in [9.17, 15) is 9.90 Å². The van der Waals surface area contributed by atoms with E-state index in [1.807, 2.05) is 42.5 Å². The maximum atomic E-state index is 11.6. The van der Waals surface area contributed by atoms with Gasteiger partial charge >= 0.3 is 5.97 Å². The van der Waals surface area contributed by atoms with Crippen molar-refractivity contribution in [2.24, 2.45) is 5.92 Å². The standard InChI is InChI=1S/C18H18ClNO2/c19-15-8-4-7-14(9-15)16-11-20(12-17(16)18(21)22)10-13-5-2-1-3-6-13/h1-9,16-17H,10-12H2,(H,21,22)/t16-,17+/m0/s1. The predicted molar refractivity (Wildman–Crippen MR) is 87.0 cm³/mol. The summed E-state index contributed by atoms with van der Waals surface area (Å²) in [7, 11) is 0. The molecule has 0 radical (unpaired) electrons. The third-order valence-electron chi connectivity index (χ3n) is 4.24. The lowest BCUT2D eigenvalue weighted by atomic mass is 9.89. The van der Waals surface area contributed by atoms with Crippen LogP contribution in [0.1, 0.15) is 17.0 Å². The number of rotatable bonds is 4. The highest BCUT2D eigenvalue weighted by Crippen LogP contribution is 2.34. The van der Waals surface area contributed by atoms with Gasteiger partial charge in [-0.3, -0.25) is 9.69 Å². The van der Waals surface area contributed by atoms with Crippen LogP contribution in [0, 0.1) is 5.92 Å². The first-order valence-electron chi connectivity index (χ1n) is 7.38. The first-order chi connectivity index (χ1) is 10.6. The van der Waals surface area contributed by atoms with Crippen LogP contribution in [0.4, 0.5) is 0 Å². The third kappa shape index (κ3) is 3.32. The monoisotopic (exact) mass is 315 g/mol. The molecule has 0 amide bonds. The average molecular weight is 316 g/mol. The van der Waals surface area contributed by atoms with Crippen LogP contribution in [0.25, 0.3) is 0 Å². The number of nitrogens with zero attached hydrogens (tertiary/aromatic N) is 1. The minimum absolute atomic E-state index is 0.0140. The van der Waals surface area contributed by atoms with Crippen molar-refractivity contribution >= 4 is 17.6 Å². The molecular formula is C18H18ClNO2. The summed E-state index contributed by atoms with van der Waals surface area (Å²) in [4.78, 5) is 13.8. The number of likely N-dealkylation sites (tertiary alicyclic amines) is 1. The average Bonchev–Trinajstić information content (AvgIpc) is 2.92. The fraction of sp³-hybridized carbons (Fsp3) is 0.278. The summed E-state index contributed by atoms with van der Waals surface area (Å²) in [6.45, 7) is 2.09. The second-order valence-corrected chi connectivity index (χ2v) is 6.22. The van der Waals surface area contributed by atoms with E-state index in [2.05, 4.69) is 17.0 Å². The molecule has 3 rings (SSSR count). The van der Waals surface area contributed by atoms with E-state index in [0.717, 1.165) is 18.7 Å². The number of carbonyl (C=O) groups is 1. The lowest BCUT2D eigenvalue weighted by Gasteiger charge is -2.16. The van der Waals surface area contributed by atoms with Gasteiger partial charge in [0.2, 0.25) is 0 Å².